The maximum atomic E-state index is 13.5. The number of aromatic hydroxyl groups is 1. The molecule has 1 amide bonds. The number of ketones is 1. The van der Waals surface area contributed by atoms with Gasteiger partial charge in [0.15, 0.2) is 5.78 Å². The first-order valence-corrected chi connectivity index (χ1v) is 10.3. The van der Waals surface area contributed by atoms with Gasteiger partial charge in [-0.1, -0.05) is 32.3 Å². The first kappa shape index (κ1) is 20.1. The van der Waals surface area contributed by atoms with Crippen LogP contribution in [0.5, 0.6) is 5.75 Å². The first-order chi connectivity index (χ1) is 14.5. The minimum absolute atomic E-state index is 0.0782. The monoisotopic (exact) mass is 409 g/mol. The zero-order chi connectivity index (χ0) is 21.3. The third-order valence-corrected chi connectivity index (χ3v) is 5.61. The van der Waals surface area contributed by atoms with E-state index >= 15 is 0 Å². The molecular weight excluding hydrogens is 385 g/mol. The van der Waals surface area contributed by atoms with E-state index in [2.05, 4.69) is 17.1 Å². The van der Waals surface area contributed by atoms with Crippen LogP contribution in [0, 0.1) is 5.82 Å². The van der Waals surface area contributed by atoms with Gasteiger partial charge in [0, 0.05) is 31.0 Å². The van der Waals surface area contributed by atoms with E-state index in [1.165, 1.54) is 24.3 Å². The molecule has 0 saturated heterocycles. The molecule has 2 aromatic carbocycles. The van der Waals surface area contributed by atoms with Gasteiger partial charge in [-0.25, -0.2) is 4.39 Å². The Morgan fingerprint density at radius 2 is 1.93 bits per heavy atom. The van der Waals surface area contributed by atoms with Gasteiger partial charge in [0.25, 0.3) is 5.91 Å². The largest absolute Gasteiger partial charge is 0.507 e. The zero-order valence-electron chi connectivity index (χ0n) is 16.9. The van der Waals surface area contributed by atoms with Crippen molar-refractivity contribution >= 4 is 22.6 Å². The smallest absolute Gasteiger partial charge is 0.258 e. The summed E-state index contributed by atoms with van der Waals surface area (Å²) >= 11 is 0. The van der Waals surface area contributed by atoms with Gasteiger partial charge in [0.1, 0.15) is 17.3 Å². The summed E-state index contributed by atoms with van der Waals surface area (Å²) in [5.41, 5.74) is 2.55. The molecule has 6 nitrogen and oxygen atoms in total. The number of rotatable bonds is 7. The summed E-state index contributed by atoms with van der Waals surface area (Å²) in [4.78, 5) is 27.2. The molecule has 156 valence electrons. The summed E-state index contributed by atoms with van der Waals surface area (Å²) < 4.78 is 13.5. The molecule has 1 aliphatic heterocycles. The number of aromatic nitrogens is 2. The molecule has 1 aromatic heterocycles. The predicted octanol–water partition coefficient (Wildman–Crippen LogP) is 4.72. The number of halogens is 1. The Bertz CT molecular complexity index is 1120. The average molecular weight is 409 g/mol. The lowest BCUT2D eigenvalue weighted by molar-refractivity contribution is 0.0748. The molecule has 0 bridgehead atoms. The Hall–Kier alpha value is -3.22. The van der Waals surface area contributed by atoms with Crippen LogP contribution < -0.4 is 0 Å². The van der Waals surface area contributed by atoms with Gasteiger partial charge < -0.3 is 10.0 Å². The minimum atomic E-state index is -0.367. The highest BCUT2D eigenvalue weighted by molar-refractivity contribution is 6.09. The summed E-state index contributed by atoms with van der Waals surface area (Å²) in [6.07, 6.45) is 4.37. The lowest BCUT2D eigenvalue weighted by atomic mass is 10.0. The molecule has 7 heteroatoms. The number of Topliss-reactive ketones (excluding diaryl/α,β-unsaturated/α-hetero) is 1. The van der Waals surface area contributed by atoms with Crippen LogP contribution >= 0.6 is 0 Å². The molecule has 4 rings (SSSR count). The zero-order valence-corrected chi connectivity index (χ0v) is 16.9. The summed E-state index contributed by atoms with van der Waals surface area (Å²) in [5.74, 6) is -0.966. The van der Waals surface area contributed by atoms with E-state index in [1.807, 2.05) is 0 Å². The standard InChI is InChI=1S/C23H24FN3O3/c1-2-3-4-5-6-20(28)22-17-10-18(21(29)11-19(17)25-26-22)23(30)27-12-14-7-8-16(24)9-15(14)13-27/h7-11,29H,2-6,12-13H2,1H3,(H,25,26). The van der Waals surface area contributed by atoms with E-state index < -0.39 is 0 Å². The number of hydrogen-bond acceptors (Lipinski definition) is 4. The van der Waals surface area contributed by atoms with Crippen LogP contribution in [0.1, 0.15) is 71.0 Å². The highest BCUT2D eigenvalue weighted by Crippen LogP contribution is 2.31. The Kier molecular flexibility index (Phi) is 5.53. The van der Waals surface area contributed by atoms with E-state index in [0.717, 1.165) is 36.8 Å². The van der Waals surface area contributed by atoms with Crippen molar-refractivity contribution < 1.29 is 19.1 Å². The van der Waals surface area contributed by atoms with Crippen LogP contribution in [-0.4, -0.2) is 31.9 Å². The molecule has 1 aliphatic rings. The van der Waals surface area contributed by atoms with Crippen molar-refractivity contribution in [2.45, 2.75) is 52.1 Å². The van der Waals surface area contributed by atoms with Gasteiger partial charge in [-0.05, 0) is 35.7 Å². The Morgan fingerprint density at radius 3 is 2.73 bits per heavy atom. The number of carbonyl (C=O) groups excluding carboxylic acids is 2. The second kappa shape index (κ2) is 8.26. The van der Waals surface area contributed by atoms with Crippen LogP contribution in [0.15, 0.2) is 30.3 Å². The van der Waals surface area contributed by atoms with Crippen molar-refractivity contribution in [3.05, 3.63) is 58.5 Å². The number of phenols is 1. The number of nitrogens with one attached hydrogen (secondary N) is 1. The fourth-order valence-electron chi connectivity index (χ4n) is 3.94. The molecular formula is C23H24FN3O3. The van der Waals surface area contributed by atoms with Crippen molar-refractivity contribution in [3.8, 4) is 5.75 Å². The van der Waals surface area contributed by atoms with Crippen LogP contribution in [-0.2, 0) is 13.1 Å². The fraction of sp³-hybridized carbons (Fsp3) is 0.348. The lowest BCUT2D eigenvalue weighted by Gasteiger charge is -2.16. The SMILES string of the molecule is CCCCCCC(=O)c1n[nH]c2cc(O)c(C(=O)N3Cc4ccc(F)cc4C3)cc12. The number of hydrogen-bond donors (Lipinski definition) is 2. The fourth-order valence-corrected chi connectivity index (χ4v) is 3.94. The number of phenolic OH excluding ortho intramolecular Hbond substituents is 1. The van der Waals surface area contributed by atoms with Crippen LogP contribution in [0.3, 0.4) is 0 Å². The van der Waals surface area contributed by atoms with Crippen LogP contribution in [0.4, 0.5) is 4.39 Å². The third-order valence-electron chi connectivity index (χ3n) is 5.61. The van der Waals surface area contributed by atoms with Crippen molar-refractivity contribution in [1.82, 2.24) is 15.1 Å². The molecule has 3 aromatic rings. The number of amides is 1. The number of carbonyl (C=O) groups is 2. The number of aromatic amines is 1. The second-order valence-corrected chi connectivity index (χ2v) is 7.80. The molecule has 0 fully saturated rings. The quantitative estimate of drug-likeness (QED) is 0.437. The van der Waals surface area contributed by atoms with Crippen LogP contribution in [0.25, 0.3) is 10.9 Å². The highest BCUT2D eigenvalue weighted by atomic mass is 19.1. The molecule has 0 aliphatic carbocycles. The summed E-state index contributed by atoms with van der Waals surface area (Å²) in [5, 5.41) is 17.8. The molecule has 2 N–H and O–H groups in total. The lowest BCUT2D eigenvalue weighted by Crippen LogP contribution is -2.25. The predicted molar refractivity (Wildman–Crippen MR) is 111 cm³/mol. The van der Waals surface area contributed by atoms with Gasteiger partial charge >= 0.3 is 0 Å². The summed E-state index contributed by atoms with van der Waals surface area (Å²) in [6, 6.07) is 7.43. The summed E-state index contributed by atoms with van der Waals surface area (Å²) in [7, 11) is 0. The number of nitrogens with zero attached hydrogens (tertiary/aromatic N) is 2. The molecule has 0 atom stereocenters. The average Bonchev–Trinajstić information content (AvgIpc) is 3.33. The molecule has 30 heavy (non-hydrogen) atoms. The van der Waals surface area contributed by atoms with E-state index in [-0.39, 0.29) is 35.4 Å². The van der Waals surface area contributed by atoms with E-state index in [1.54, 1.807) is 11.0 Å². The number of unbranched alkanes of at least 4 members (excludes halogenated alkanes) is 3. The van der Waals surface area contributed by atoms with Gasteiger partial charge in [-0.15, -0.1) is 0 Å². The van der Waals surface area contributed by atoms with Gasteiger partial charge in [-0.2, -0.15) is 5.10 Å². The molecule has 2 heterocycles. The molecule has 0 unspecified atom stereocenters. The van der Waals surface area contributed by atoms with E-state index in [0.29, 0.717) is 29.6 Å². The van der Waals surface area contributed by atoms with Gasteiger partial charge in [0.05, 0.1) is 11.1 Å². The normalized spacial score (nSPS) is 13.1. The van der Waals surface area contributed by atoms with Crippen LogP contribution in [0.2, 0.25) is 0 Å². The number of fused-ring (bicyclic) bond motifs is 2. The van der Waals surface area contributed by atoms with E-state index in [9.17, 15) is 19.1 Å². The van der Waals surface area contributed by atoms with E-state index in [4.69, 9.17) is 0 Å². The first-order valence-electron chi connectivity index (χ1n) is 10.3. The highest BCUT2D eigenvalue weighted by Gasteiger charge is 2.27. The maximum Gasteiger partial charge on any atom is 0.258 e. The maximum absolute atomic E-state index is 13.5. The van der Waals surface area contributed by atoms with Gasteiger partial charge in [0.2, 0.25) is 0 Å². The van der Waals surface area contributed by atoms with Crippen molar-refractivity contribution in [3.63, 3.8) is 0 Å². The molecule has 0 radical (unpaired) electrons. The Balaban J connectivity index is 1.58. The van der Waals surface area contributed by atoms with Crippen molar-refractivity contribution in [2.24, 2.45) is 0 Å². The topological polar surface area (TPSA) is 86.3 Å². The molecule has 0 saturated carbocycles. The van der Waals surface area contributed by atoms with Gasteiger partial charge in [-0.3, -0.25) is 14.7 Å². The van der Waals surface area contributed by atoms with Crippen molar-refractivity contribution in [1.29, 1.82) is 0 Å². The summed E-state index contributed by atoms with van der Waals surface area (Å²) in [6.45, 7) is 2.74. The molecule has 0 spiro atoms. The third kappa shape index (κ3) is 3.79. The second-order valence-electron chi connectivity index (χ2n) is 7.80. The number of H-pyrrole nitrogens is 1. The number of benzene rings is 2. The van der Waals surface area contributed by atoms with Crippen molar-refractivity contribution in [2.75, 3.05) is 0 Å². The Labute approximate surface area is 173 Å². The Morgan fingerprint density at radius 1 is 1.13 bits per heavy atom. The minimum Gasteiger partial charge on any atom is -0.507 e.